The summed E-state index contributed by atoms with van der Waals surface area (Å²) in [5.74, 6) is 0. The highest BCUT2D eigenvalue weighted by Crippen LogP contribution is 2.11. The second-order valence-corrected chi connectivity index (χ2v) is 2.92. The molecule has 0 fully saturated rings. The molecular weight excluding hydrogens is 186 g/mol. The molecule has 3 heteroatoms. The normalized spacial score (nSPS) is 10.4. The van der Waals surface area contributed by atoms with Crippen LogP contribution in [0.5, 0.6) is 0 Å². The maximum Gasteiger partial charge on any atom is 0.0874 e. The molecule has 0 heterocycles. The first kappa shape index (κ1) is 9.40. The minimum atomic E-state index is 0.803. The Kier molecular flexibility index (Phi) is 3.07. The van der Waals surface area contributed by atoms with Crippen molar-refractivity contribution < 1.29 is 0 Å². The summed E-state index contributed by atoms with van der Waals surface area (Å²) in [6.07, 6.45) is 0. The van der Waals surface area contributed by atoms with Crippen LogP contribution in [-0.2, 0) is 0 Å². The molecule has 0 aliphatic carbocycles. The molecule has 2 aromatic carbocycles. The molecule has 15 heavy (non-hydrogen) atoms. The number of rotatable bonds is 3. The average Bonchev–Trinajstić information content (AvgIpc) is 2.32. The molecule has 0 spiro atoms. The summed E-state index contributed by atoms with van der Waals surface area (Å²) in [6.45, 7) is 0. The van der Waals surface area contributed by atoms with Gasteiger partial charge < -0.3 is 0 Å². The molecule has 73 valence electrons. The number of hydrogen-bond acceptors (Lipinski definition) is 2. The second kappa shape index (κ2) is 4.91. The second-order valence-electron chi connectivity index (χ2n) is 2.92. The van der Waals surface area contributed by atoms with Gasteiger partial charge >= 0.3 is 0 Å². The number of nitrogens with zero attached hydrogens (tertiary/aromatic N) is 2. The van der Waals surface area contributed by atoms with E-state index >= 15 is 0 Å². The van der Waals surface area contributed by atoms with Gasteiger partial charge in [-0.2, -0.15) is 0 Å². The van der Waals surface area contributed by atoms with Crippen LogP contribution in [0.15, 0.2) is 64.9 Å². The molecule has 0 saturated heterocycles. The van der Waals surface area contributed by atoms with Gasteiger partial charge in [0.15, 0.2) is 0 Å². The lowest BCUT2D eigenvalue weighted by Gasteiger charge is -1.96. The van der Waals surface area contributed by atoms with Gasteiger partial charge in [-0.1, -0.05) is 41.6 Å². The van der Waals surface area contributed by atoms with Crippen LogP contribution in [0.4, 0.5) is 11.4 Å². The number of anilines is 1. The molecule has 0 aromatic heterocycles. The highest BCUT2D eigenvalue weighted by atomic mass is 15.4. The fraction of sp³-hybridized carbons (Fsp3) is 0. The van der Waals surface area contributed by atoms with Crippen molar-refractivity contribution in [3.8, 4) is 0 Å². The van der Waals surface area contributed by atoms with E-state index in [1.54, 1.807) is 0 Å². The van der Waals surface area contributed by atoms with Gasteiger partial charge in [0.05, 0.1) is 11.4 Å². The summed E-state index contributed by atoms with van der Waals surface area (Å²) in [7, 11) is 0. The van der Waals surface area contributed by atoms with Gasteiger partial charge in [0, 0.05) is 6.07 Å². The van der Waals surface area contributed by atoms with Crippen LogP contribution >= 0.6 is 0 Å². The summed E-state index contributed by atoms with van der Waals surface area (Å²) in [5.41, 5.74) is 4.42. The Balaban J connectivity index is 1.97. The van der Waals surface area contributed by atoms with Crippen LogP contribution < -0.4 is 5.43 Å². The van der Waals surface area contributed by atoms with Gasteiger partial charge in [-0.15, -0.1) is 5.11 Å². The van der Waals surface area contributed by atoms with Crippen LogP contribution in [0.3, 0.4) is 0 Å². The Hall–Kier alpha value is -2.16. The zero-order valence-electron chi connectivity index (χ0n) is 8.09. The van der Waals surface area contributed by atoms with Crippen molar-refractivity contribution in [1.82, 2.24) is 0 Å². The van der Waals surface area contributed by atoms with E-state index in [1.165, 1.54) is 0 Å². The molecule has 3 nitrogen and oxygen atoms in total. The molecule has 1 radical (unpaired) electrons. The van der Waals surface area contributed by atoms with Crippen molar-refractivity contribution in [3.05, 3.63) is 60.7 Å². The third kappa shape index (κ3) is 2.91. The third-order valence-corrected chi connectivity index (χ3v) is 1.80. The third-order valence-electron chi connectivity index (χ3n) is 1.80. The lowest BCUT2D eigenvalue weighted by molar-refractivity contribution is 1.13. The lowest BCUT2D eigenvalue weighted by atomic mass is 10.3. The first-order chi connectivity index (χ1) is 7.45. The Morgan fingerprint density at radius 1 is 0.933 bits per heavy atom. The molecule has 0 unspecified atom stereocenters. The number of para-hydroxylation sites is 1. The monoisotopic (exact) mass is 196 g/mol. The van der Waals surface area contributed by atoms with Crippen molar-refractivity contribution in [2.75, 3.05) is 5.43 Å². The van der Waals surface area contributed by atoms with Gasteiger partial charge in [-0.05, 0) is 18.2 Å². The molecule has 0 saturated carbocycles. The minimum absolute atomic E-state index is 0.803. The SMILES string of the molecule is [c]1ccccc1N/N=N/c1ccccc1. The number of benzene rings is 2. The van der Waals surface area contributed by atoms with E-state index in [2.05, 4.69) is 21.8 Å². The standard InChI is InChI=1S/C12H10N3/c1-3-7-11(8-4-1)13-15-14-12-9-5-2-6-10-12/h1-9H,(H,13,14). The Morgan fingerprint density at radius 2 is 1.73 bits per heavy atom. The molecule has 0 atom stereocenters. The average molecular weight is 196 g/mol. The highest BCUT2D eigenvalue weighted by Gasteiger charge is 1.86. The molecule has 2 rings (SSSR count). The summed E-state index contributed by atoms with van der Waals surface area (Å²) >= 11 is 0. The van der Waals surface area contributed by atoms with Crippen LogP contribution in [-0.4, -0.2) is 0 Å². The van der Waals surface area contributed by atoms with Gasteiger partial charge in [0.25, 0.3) is 0 Å². The van der Waals surface area contributed by atoms with E-state index in [-0.39, 0.29) is 0 Å². The molecule has 2 aromatic rings. The molecular formula is C12H10N3. The van der Waals surface area contributed by atoms with E-state index in [9.17, 15) is 0 Å². The molecule has 0 aliphatic rings. The zero-order valence-corrected chi connectivity index (χ0v) is 8.09. The topological polar surface area (TPSA) is 36.8 Å². The first-order valence-corrected chi connectivity index (χ1v) is 4.64. The summed E-state index contributed by atoms with van der Waals surface area (Å²) in [4.78, 5) is 0. The highest BCUT2D eigenvalue weighted by molar-refractivity contribution is 5.40. The number of nitrogens with one attached hydrogen (secondary N) is 1. The van der Waals surface area contributed by atoms with Gasteiger partial charge in [0.1, 0.15) is 0 Å². The quantitative estimate of drug-likeness (QED) is 0.591. The zero-order chi connectivity index (χ0) is 10.3. The van der Waals surface area contributed by atoms with Gasteiger partial charge in [-0.3, -0.25) is 5.43 Å². The van der Waals surface area contributed by atoms with Crippen LogP contribution in [0, 0.1) is 6.07 Å². The molecule has 0 amide bonds. The van der Waals surface area contributed by atoms with Gasteiger partial charge in [-0.25, -0.2) is 0 Å². The lowest BCUT2D eigenvalue weighted by Crippen LogP contribution is -1.84. The van der Waals surface area contributed by atoms with Crippen molar-refractivity contribution in [2.45, 2.75) is 0 Å². The molecule has 0 bridgehead atoms. The summed E-state index contributed by atoms with van der Waals surface area (Å²) < 4.78 is 0. The number of hydrogen-bond donors (Lipinski definition) is 1. The van der Waals surface area contributed by atoms with Gasteiger partial charge in [0.2, 0.25) is 0 Å². The van der Waals surface area contributed by atoms with Crippen molar-refractivity contribution in [1.29, 1.82) is 0 Å². The van der Waals surface area contributed by atoms with Crippen molar-refractivity contribution in [2.24, 2.45) is 10.3 Å². The van der Waals surface area contributed by atoms with E-state index in [0.717, 1.165) is 11.4 Å². The summed E-state index contributed by atoms with van der Waals surface area (Å²) in [5, 5.41) is 7.85. The molecule has 0 aliphatic heterocycles. The van der Waals surface area contributed by atoms with E-state index < -0.39 is 0 Å². The largest absolute Gasteiger partial charge is 0.259 e. The maximum absolute atomic E-state index is 4.00. The Labute approximate surface area is 88.5 Å². The van der Waals surface area contributed by atoms with E-state index in [0.29, 0.717) is 0 Å². The Bertz CT molecular complexity index is 423. The van der Waals surface area contributed by atoms with Crippen LogP contribution in [0.25, 0.3) is 0 Å². The first-order valence-electron chi connectivity index (χ1n) is 4.64. The fourth-order valence-electron chi connectivity index (χ4n) is 1.09. The predicted molar refractivity (Wildman–Crippen MR) is 59.9 cm³/mol. The van der Waals surface area contributed by atoms with E-state index in [1.807, 2.05) is 54.6 Å². The van der Waals surface area contributed by atoms with Crippen molar-refractivity contribution in [3.63, 3.8) is 0 Å². The Morgan fingerprint density at radius 3 is 2.47 bits per heavy atom. The van der Waals surface area contributed by atoms with Crippen molar-refractivity contribution >= 4 is 11.4 Å². The minimum Gasteiger partial charge on any atom is -0.259 e. The molecule has 1 N–H and O–H groups in total. The van der Waals surface area contributed by atoms with Crippen LogP contribution in [0.1, 0.15) is 0 Å². The maximum atomic E-state index is 4.00. The predicted octanol–water partition coefficient (Wildman–Crippen LogP) is 3.60. The fourth-order valence-corrected chi connectivity index (χ4v) is 1.09. The van der Waals surface area contributed by atoms with Crippen LogP contribution in [0.2, 0.25) is 0 Å². The smallest absolute Gasteiger partial charge is 0.0874 e. The van der Waals surface area contributed by atoms with E-state index in [4.69, 9.17) is 0 Å². The summed E-state index contributed by atoms with van der Waals surface area (Å²) in [6, 6.07) is 20.1.